The molecule has 1 aliphatic heterocycles. The van der Waals surface area contributed by atoms with E-state index in [2.05, 4.69) is 31.3 Å². The Balaban J connectivity index is 2.19. The summed E-state index contributed by atoms with van der Waals surface area (Å²) in [5.41, 5.74) is 1.98. The first kappa shape index (κ1) is 14.1. The molecule has 1 N–H and O–H groups in total. The van der Waals surface area contributed by atoms with Crippen molar-refractivity contribution in [3.63, 3.8) is 0 Å². The molecule has 1 saturated heterocycles. The van der Waals surface area contributed by atoms with Crippen molar-refractivity contribution < 1.29 is 8.42 Å². The molecule has 1 aliphatic carbocycles. The van der Waals surface area contributed by atoms with Crippen molar-refractivity contribution in [3.05, 3.63) is 35.4 Å². The SMILES string of the molecule is CC1(C)CS(=O)(=O)C2CC(C)(C)c3ccccc3C2N1. The number of hydrogen-bond acceptors (Lipinski definition) is 3. The summed E-state index contributed by atoms with van der Waals surface area (Å²) in [5.74, 6) is 0.222. The van der Waals surface area contributed by atoms with Gasteiger partial charge < -0.3 is 5.32 Å². The Kier molecular flexibility index (Phi) is 2.87. The lowest BCUT2D eigenvalue weighted by atomic mass is 9.70. The highest BCUT2D eigenvalue weighted by atomic mass is 32.2. The third-order valence-electron chi connectivity index (χ3n) is 4.68. The Hall–Kier alpha value is -0.870. The molecule has 2 aliphatic rings. The minimum atomic E-state index is -3.07. The summed E-state index contributed by atoms with van der Waals surface area (Å²) in [6, 6.07) is 8.20. The average molecular weight is 293 g/mol. The van der Waals surface area contributed by atoms with E-state index < -0.39 is 9.84 Å². The lowest BCUT2D eigenvalue weighted by Gasteiger charge is -2.49. The van der Waals surface area contributed by atoms with Gasteiger partial charge in [-0.3, -0.25) is 0 Å². The molecule has 1 fully saturated rings. The van der Waals surface area contributed by atoms with Gasteiger partial charge in [0.25, 0.3) is 0 Å². The maximum Gasteiger partial charge on any atom is 0.156 e. The van der Waals surface area contributed by atoms with Crippen molar-refractivity contribution in [2.75, 3.05) is 5.75 Å². The Bertz CT molecular complexity index is 646. The van der Waals surface area contributed by atoms with Crippen LogP contribution in [0.1, 0.15) is 51.3 Å². The Morgan fingerprint density at radius 3 is 2.50 bits per heavy atom. The summed E-state index contributed by atoms with van der Waals surface area (Å²) in [6.45, 7) is 8.25. The van der Waals surface area contributed by atoms with Gasteiger partial charge in [0.15, 0.2) is 9.84 Å². The van der Waals surface area contributed by atoms with Crippen LogP contribution in [0.25, 0.3) is 0 Å². The molecule has 3 rings (SSSR count). The summed E-state index contributed by atoms with van der Waals surface area (Å²) in [6.07, 6.45) is 0.695. The van der Waals surface area contributed by atoms with E-state index in [0.29, 0.717) is 6.42 Å². The summed E-state index contributed by atoms with van der Waals surface area (Å²) in [4.78, 5) is 0. The van der Waals surface area contributed by atoms with Gasteiger partial charge in [0.05, 0.1) is 11.0 Å². The predicted octanol–water partition coefficient (Wildman–Crippen LogP) is 2.57. The minimum Gasteiger partial charge on any atom is -0.303 e. The normalized spacial score (nSPS) is 33.0. The quantitative estimate of drug-likeness (QED) is 0.799. The van der Waals surface area contributed by atoms with E-state index in [1.807, 2.05) is 26.0 Å². The second kappa shape index (κ2) is 4.08. The first-order valence-electron chi connectivity index (χ1n) is 7.21. The molecule has 1 heterocycles. The summed E-state index contributed by atoms with van der Waals surface area (Å²) < 4.78 is 25.4. The number of nitrogens with one attached hydrogen (secondary N) is 1. The van der Waals surface area contributed by atoms with E-state index in [9.17, 15) is 8.42 Å². The van der Waals surface area contributed by atoms with Gasteiger partial charge >= 0.3 is 0 Å². The van der Waals surface area contributed by atoms with Gasteiger partial charge in [0.1, 0.15) is 0 Å². The molecule has 1 aromatic rings. The number of rotatable bonds is 0. The van der Waals surface area contributed by atoms with Crippen molar-refractivity contribution >= 4 is 9.84 Å². The predicted molar refractivity (Wildman–Crippen MR) is 81.6 cm³/mol. The van der Waals surface area contributed by atoms with Crippen LogP contribution in [-0.2, 0) is 15.3 Å². The number of sulfone groups is 1. The minimum absolute atomic E-state index is 0.0759. The fourth-order valence-electron chi connectivity index (χ4n) is 3.89. The van der Waals surface area contributed by atoms with Gasteiger partial charge in [0.2, 0.25) is 0 Å². The Morgan fingerprint density at radius 1 is 1.15 bits per heavy atom. The average Bonchev–Trinajstić information content (AvgIpc) is 2.30. The Morgan fingerprint density at radius 2 is 1.80 bits per heavy atom. The topological polar surface area (TPSA) is 46.2 Å². The number of fused-ring (bicyclic) bond motifs is 3. The second-order valence-corrected chi connectivity index (χ2v) is 9.75. The van der Waals surface area contributed by atoms with Crippen LogP contribution in [0.3, 0.4) is 0 Å². The first-order chi connectivity index (χ1) is 9.12. The lowest BCUT2D eigenvalue weighted by molar-refractivity contribution is 0.279. The first-order valence-corrected chi connectivity index (χ1v) is 8.93. The molecule has 3 nitrogen and oxygen atoms in total. The van der Waals surface area contributed by atoms with E-state index in [1.54, 1.807) is 0 Å². The van der Waals surface area contributed by atoms with Gasteiger partial charge in [-0.05, 0) is 36.8 Å². The fraction of sp³-hybridized carbons (Fsp3) is 0.625. The molecule has 110 valence electrons. The van der Waals surface area contributed by atoms with E-state index >= 15 is 0 Å². The van der Waals surface area contributed by atoms with Gasteiger partial charge in [-0.2, -0.15) is 0 Å². The summed E-state index contributed by atoms with van der Waals surface area (Å²) in [7, 11) is -3.07. The van der Waals surface area contributed by atoms with Crippen LogP contribution in [0.5, 0.6) is 0 Å². The molecule has 0 radical (unpaired) electrons. The monoisotopic (exact) mass is 293 g/mol. The van der Waals surface area contributed by atoms with Crippen molar-refractivity contribution in [2.45, 2.75) is 56.4 Å². The van der Waals surface area contributed by atoms with Crippen LogP contribution < -0.4 is 5.32 Å². The highest BCUT2D eigenvalue weighted by molar-refractivity contribution is 7.92. The zero-order valence-electron chi connectivity index (χ0n) is 12.6. The van der Waals surface area contributed by atoms with Crippen LogP contribution in [0.2, 0.25) is 0 Å². The standard InChI is InChI=1S/C16H23NO2S/c1-15(2)9-13-14(11-7-5-6-8-12(11)15)17-16(3,4)10-20(13,18)19/h5-8,13-14,17H,9-10H2,1-4H3. The highest BCUT2D eigenvalue weighted by Gasteiger charge is 2.50. The molecular formula is C16H23NO2S. The van der Waals surface area contributed by atoms with Gasteiger partial charge in [0, 0.05) is 11.6 Å². The molecule has 4 heteroatoms. The zero-order chi connectivity index (χ0) is 14.8. The van der Waals surface area contributed by atoms with Crippen LogP contribution in [-0.4, -0.2) is 25.0 Å². The summed E-state index contributed by atoms with van der Waals surface area (Å²) >= 11 is 0. The van der Waals surface area contributed by atoms with E-state index in [-0.39, 0.29) is 28.0 Å². The maximum absolute atomic E-state index is 12.7. The van der Waals surface area contributed by atoms with Crippen LogP contribution >= 0.6 is 0 Å². The molecule has 2 atom stereocenters. The second-order valence-electron chi connectivity index (χ2n) is 7.53. The number of hydrogen-bond donors (Lipinski definition) is 1. The van der Waals surface area contributed by atoms with Crippen LogP contribution in [0.4, 0.5) is 0 Å². The van der Waals surface area contributed by atoms with Crippen LogP contribution in [0, 0.1) is 0 Å². The van der Waals surface area contributed by atoms with Crippen molar-refractivity contribution in [1.82, 2.24) is 5.32 Å². The van der Waals surface area contributed by atoms with Gasteiger partial charge in [-0.15, -0.1) is 0 Å². The van der Waals surface area contributed by atoms with Crippen molar-refractivity contribution in [2.24, 2.45) is 0 Å². The highest BCUT2D eigenvalue weighted by Crippen LogP contribution is 2.46. The van der Waals surface area contributed by atoms with Crippen molar-refractivity contribution in [3.8, 4) is 0 Å². The molecule has 2 unspecified atom stereocenters. The van der Waals surface area contributed by atoms with E-state index in [1.165, 1.54) is 5.56 Å². The largest absolute Gasteiger partial charge is 0.303 e. The fourth-order valence-corrected chi connectivity index (χ4v) is 6.50. The van der Waals surface area contributed by atoms with E-state index in [0.717, 1.165) is 5.56 Å². The zero-order valence-corrected chi connectivity index (χ0v) is 13.4. The van der Waals surface area contributed by atoms with Gasteiger partial charge in [-0.1, -0.05) is 38.1 Å². The molecule has 0 spiro atoms. The smallest absolute Gasteiger partial charge is 0.156 e. The molecule has 0 saturated carbocycles. The number of benzene rings is 1. The third-order valence-corrected chi connectivity index (χ3v) is 7.16. The van der Waals surface area contributed by atoms with Gasteiger partial charge in [-0.25, -0.2) is 8.42 Å². The molecule has 0 aromatic heterocycles. The third kappa shape index (κ3) is 2.09. The molecule has 1 aromatic carbocycles. The maximum atomic E-state index is 12.7. The molecule has 0 bridgehead atoms. The Labute approximate surface area is 121 Å². The van der Waals surface area contributed by atoms with Crippen LogP contribution in [0.15, 0.2) is 24.3 Å². The molecular weight excluding hydrogens is 270 g/mol. The summed E-state index contributed by atoms with van der Waals surface area (Å²) in [5, 5.41) is 3.26. The molecule has 20 heavy (non-hydrogen) atoms. The molecule has 0 amide bonds. The van der Waals surface area contributed by atoms with Crippen molar-refractivity contribution in [1.29, 1.82) is 0 Å². The van der Waals surface area contributed by atoms with E-state index in [4.69, 9.17) is 0 Å². The lowest BCUT2D eigenvalue weighted by Crippen LogP contribution is -2.60.